The first-order valence-electron chi connectivity index (χ1n) is 24.5. The summed E-state index contributed by atoms with van der Waals surface area (Å²) in [5, 5.41) is 1.70. The predicted octanol–water partition coefficient (Wildman–Crippen LogP) is 8.50. The molecule has 11 atom stereocenters. The normalized spacial score (nSPS) is 30.1. The molecule has 378 valence electrons. The lowest BCUT2D eigenvalue weighted by molar-refractivity contribution is -0.381. The average molecular weight is 993 g/mol. The fourth-order valence-corrected chi connectivity index (χ4v) is 14.9. The summed E-state index contributed by atoms with van der Waals surface area (Å²) in [6, 6.07) is 42.7. The van der Waals surface area contributed by atoms with Crippen LogP contribution in [-0.2, 0) is 65.3 Å². The van der Waals surface area contributed by atoms with Crippen molar-refractivity contribution in [3.8, 4) is 11.5 Å². The smallest absolute Gasteiger partial charge is 0.320 e. The van der Waals surface area contributed by atoms with Crippen molar-refractivity contribution in [2.75, 3.05) is 20.3 Å². The van der Waals surface area contributed by atoms with E-state index in [1.807, 2.05) is 125 Å². The molecule has 5 saturated heterocycles. The molecule has 5 fully saturated rings. The zero-order valence-electron chi connectivity index (χ0n) is 41.6. The Balaban J connectivity index is 0.984. The summed E-state index contributed by atoms with van der Waals surface area (Å²) in [5.74, 6) is -1.42. The predicted molar refractivity (Wildman–Crippen MR) is 262 cm³/mol. The maximum atomic E-state index is 16.8. The number of fused-ring (bicyclic) bond motifs is 2. The van der Waals surface area contributed by atoms with Crippen molar-refractivity contribution >= 4 is 18.7 Å². The van der Waals surface area contributed by atoms with Gasteiger partial charge in [-0.15, -0.1) is 0 Å². The Kier molecular flexibility index (Phi) is 14.3. The van der Waals surface area contributed by atoms with Gasteiger partial charge in [0.2, 0.25) is 0 Å². The van der Waals surface area contributed by atoms with Crippen molar-refractivity contribution in [2.45, 2.75) is 146 Å². The second kappa shape index (κ2) is 20.4. The third kappa shape index (κ3) is 10.5. The summed E-state index contributed by atoms with van der Waals surface area (Å²) < 4.78 is 102. The van der Waals surface area contributed by atoms with Gasteiger partial charge in [-0.2, -0.15) is 0 Å². The van der Waals surface area contributed by atoms with Crippen LogP contribution in [0.1, 0.15) is 71.4 Å². The van der Waals surface area contributed by atoms with Gasteiger partial charge in [0, 0.05) is 5.56 Å². The van der Waals surface area contributed by atoms with Crippen LogP contribution < -0.4 is 19.5 Å². The van der Waals surface area contributed by atoms with Crippen molar-refractivity contribution in [1.82, 2.24) is 0 Å². The van der Waals surface area contributed by atoms with Gasteiger partial charge in [-0.1, -0.05) is 130 Å². The zero-order chi connectivity index (χ0) is 49.5. The molecule has 0 N–H and O–H groups in total. The minimum Gasteiger partial charge on any atom is -0.532 e. The molecule has 10 rings (SSSR count). The van der Waals surface area contributed by atoms with Crippen molar-refractivity contribution in [1.29, 1.82) is 0 Å². The summed E-state index contributed by atoms with van der Waals surface area (Å²) in [5.41, 5.74) is 2.27. The molecule has 5 heterocycles. The number of hydrogen-bond acceptors (Lipinski definition) is 13. The molecule has 0 saturated carbocycles. The standard InChI is InChI=1S/C56H65FO13Si/c1-54(2,3)71(39-20-14-10-15-21-39,40-22-16-11-17-23-40)70-42-29-26-36(30-41(42)57)32-59-47-45-43(33-61-51(64-45)37-18-12-9-13-19-37)63-52(49(47)60-31-35-24-27-38(58-8)28-25-35)66-48-46(44-34-62-55(4,5)67-44)65-53-50(48)68-56(6,7)69-53/h9-30,43-53H,31-34H2,1-8H3/t43-,44-,45-,46-,47+,48+,49+,50-,51?,52+,53-/m1/s1. The lowest BCUT2D eigenvalue weighted by Gasteiger charge is -2.49. The van der Waals surface area contributed by atoms with Crippen LogP contribution in [0.5, 0.6) is 11.5 Å². The molecule has 1 unspecified atom stereocenters. The van der Waals surface area contributed by atoms with Crippen LogP contribution in [0.2, 0.25) is 5.04 Å². The molecule has 71 heavy (non-hydrogen) atoms. The van der Waals surface area contributed by atoms with Gasteiger partial charge in [0.15, 0.2) is 36.3 Å². The molecule has 13 nitrogen and oxygen atoms in total. The lowest BCUT2D eigenvalue weighted by Crippen LogP contribution is -2.68. The minimum absolute atomic E-state index is 0.0209. The number of halogens is 1. The Labute approximate surface area is 416 Å². The number of hydrogen-bond donors (Lipinski definition) is 0. The Morgan fingerprint density at radius 1 is 0.620 bits per heavy atom. The Bertz CT molecular complexity index is 2510. The fraction of sp³-hybridized carbons (Fsp3) is 0.464. The second-order valence-electron chi connectivity index (χ2n) is 20.7. The molecule has 0 aliphatic carbocycles. The highest BCUT2D eigenvalue weighted by Gasteiger charge is 2.62. The first-order valence-corrected chi connectivity index (χ1v) is 26.4. The quantitative estimate of drug-likeness (QED) is 0.0934. The third-order valence-electron chi connectivity index (χ3n) is 13.8. The first-order chi connectivity index (χ1) is 34.1. The van der Waals surface area contributed by atoms with Gasteiger partial charge in [0.1, 0.15) is 60.3 Å². The summed E-state index contributed by atoms with van der Waals surface area (Å²) in [4.78, 5) is 0. The molecule has 15 heteroatoms. The van der Waals surface area contributed by atoms with E-state index in [2.05, 4.69) is 45.0 Å². The number of benzene rings is 5. The maximum Gasteiger partial charge on any atom is 0.320 e. The number of methoxy groups -OCH3 is 1. The van der Waals surface area contributed by atoms with Gasteiger partial charge in [0.25, 0.3) is 0 Å². The van der Waals surface area contributed by atoms with Crippen LogP contribution >= 0.6 is 0 Å². The lowest BCUT2D eigenvalue weighted by atomic mass is 9.96. The molecule has 5 aliphatic rings. The van der Waals surface area contributed by atoms with Crippen LogP contribution in [0.25, 0.3) is 0 Å². The molecule has 5 aromatic carbocycles. The summed E-state index contributed by atoms with van der Waals surface area (Å²) in [6.45, 7) is 14.4. The van der Waals surface area contributed by atoms with E-state index in [0.717, 1.165) is 21.5 Å². The summed E-state index contributed by atoms with van der Waals surface area (Å²) >= 11 is 0. The van der Waals surface area contributed by atoms with Gasteiger partial charge in [-0.25, -0.2) is 4.39 Å². The highest BCUT2D eigenvalue weighted by atomic mass is 28.4. The van der Waals surface area contributed by atoms with Crippen LogP contribution in [-0.4, -0.2) is 102 Å². The van der Waals surface area contributed by atoms with Crippen molar-refractivity contribution < 1.29 is 65.7 Å². The van der Waals surface area contributed by atoms with E-state index in [1.165, 1.54) is 6.07 Å². The topological polar surface area (TPSA) is 120 Å². The highest BCUT2D eigenvalue weighted by molar-refractivity contribution is 7.00. The Morgan fingerprint density at radius 3 is 1.86 bits per heavy atom. The summed E-state index contributed by atoms with van der Waals surface area (Å²) in [7, 11) is -1.52. The van der Waals surface area contributed by atoms with Gasteiger partial charge in [-0.3, -0.25) is 0 Å². The summed E-state index contributed by atoms with van der Waals surface area (Å²) in [6.07, 6.45) is -8.34. The molecule has 0 radical (unpaired) electrons. The second-order valence-corrected chi connectivity index (χ2v) is 24.9. The first kappa shape index (κ1) is 50.0. The average Bonchev–Trinajstić information content (AvgIpc) is 4.00. The van der Waals surface area contributed by atoms with Crippen LogP contribution in [0, 0.1) is 5.82 Å². The minimum atomic E-state index is -3.14. The molecule has 0 amide bonds. The largest absolute Gasteiger partial charge is 0.532 e. The van der Waals surface area contributed by atoms with E-state index in [9.17, 15) is 0 Å². The molecule has 5 aromatic rings. The van der Waals surface area contributed by atoms with E-state index < -0.39 is 93.4 Å². The van der Waals surface area contributed by atoms with E-state index in [1.54, 1.807) is 13.2 Å². The SMILES string of the molecule is COc1ccc(CO[C@@H]2[C@H](O[C@@H]3[C@H]4OC(C)(C)O[C@H]4O[C@@H]3[C@H]3COC(C)(C)O3)O[C@@H]3COC(c4ccccc4)O[C@H]3[C@@H]2OCc2ccc(O[Si](c3ccccc3)(c3ccccc3)C(C)(C)C)c(F)c2)cc1. The highest BCUT2D eigenvalue weighted by Crippen LogP contribution is 2.45. The molecular formula is C56H65FO13Si. The van der Waals surface area contributed by atoms with Gasteiger partial charge in [-0.05, 0) is 78.5 Å². The molecular weight excluding hydrogens is 928 g/mol. The van der Waals surface area contributed by atoms with E-state index >= 15 is 4.39 Å². The van der Waals surface area contributed by atoms with Crippen LogP contribution in [0.3, 0.4) is 0 Å². The van der Waals surface area contributed by atoms with Crippen molar-refractivity contribution in [2.24, 2.45) is 0 Å². The van der Waals surface area contributed by atoms with Crippen LogP contribution in [0.4, 0.5) is 4.39 Å². The van der Waals surface area contributed by atoms with Crippen molar-refractivity contribution in [3.63, 3.8) is 0 Å². The number of ether oxygens (including phenoxy) is 12. The molecule has 5 aliphatic heterocycles. The van der Waals surface area contributed by atoms with Gasteiger partial charge >= 0.3 is 8.32 Å². The monoisotopic (exact) mass is 992 g/mol. The van der Waals surface area contributed by atoms with Gasteiger partial charge < -0.3 is 61.3 Å². The van der Waals surface area contributed by atoms with E-state index in [0.29, 0.717) is 11.3 Å². The maximum absolute atomic E-state index is 16.8. The third-order valence-corrected chi connectivity index (χ3v) is 18.7. The number of rotatable bonds is 15. The molecule has 0 spiro atoms. The zero-order valence-corrected chi connectivity index (χ0v) is 42.6. The van der Waals surface area contributed by atoms with E-state index in [4.69, 9.17) is 61.3 Å². The Hall–Kier alpha value is -4.59. The Morgan fingerprint density at radius 2 is 1.24 bits per heavy atom. The molecule has 0 bridgehead atoms. The van der Waals surface area contributed by atoms with E-state index in [-0.39, 0.29) is 37.2 Å². The molecule has 0 aromatic heterocycles. The van der Waals surface area contributed by atoms with Crippen molar-refractivity contribution in [3.05, 3.63) is 156 Å². The van der Waals surface area contributed by atoms with Gasteiger partial charge in [0.05, 0.1) is 33.5 Å². The van der Waals surface area contributed by atoms with Crippen LogP contribution in [0.15, 0.2) is 133 Å². The fourth-order valence-electron chi connectivity index (χ4n) is 10.4.